The van der Waals surface area contributed by atoms with Gasteiger partial charge in [0.1, 0.15) is 11.4 Å². The standard InChI is InChI=1S/C11H13ClN2O5S/c1-2-19-10(15)7-13-11(16)14-20(17,18)9-6-4-3-5-8(9)12/h3-6H,2,7H2,1H3,(H2,13,14,16). The van der Waals surface area contributed by atoms with Crippen molar-refractivity contribution in [1.82, 2.24) is 10.0 Å². The van der Waals surface area contributed by atoms with E-state index in [1.807, 2.05) is 0 Å². The molecule has 0 bridgehead atoms. The van der Waals surface area contributed by atoms with Crippen molar-refractivity contribution >= 4 is 33.6 Å². The molecule has 0 unspecified atom stereocenters. The van der Waals surface area contributed by atoms with Gasteiger partial charge < -0.3 is 10.1 Å². The molecule has 0 aromatic heterocycles. The lowest BCUT2D eigenvalue weighted by Crippen LogP contribution is -2.41. The first-order valence-electron chi connectivity index (χ1n) is 5.57. The fourth-order valence-electron chi connectivity index (χ4n) is 1.24. The van der Waals surface area contributed by atoms with Crippen LogP contribution in [-0.2, 0) is 19.6 Å². The van der Waals surface area contributed by atoms with Crippen LogP contribution in [0.15, 0.2) is 29.2 Å². The quantitative estimate of drug-likeness (QED) is 0.785. The maximum absolute atomic E-state index is 11.9. The number of benzene rings is 1. The van der Waals surface area contributed by atoms with E-state index in [1.54, 1.807) is 17.7 Å². The minimum Gasteiger partial charge on any atom is -0.465 e. The molecule has 2 N–H and O–H groups in total. The first-order valence-corrected chi connectivity index (χ1v) is 7.43. The summed E-state index contributed by atoms with van der Waals surface area (Å²) in [6, 6.07) is 4.62. The molecule has 0 spiro atoms. The summed E-state index contributed by atoms with van der Waals surface area (Å²) in [5.74, 6) is -0.669. The molecule has 20 heavy (non-hydrogen) atoms. The van der Waals surface area contributed by atoms with Crippen LogP contribution in [0.4, 0.5) is 4.79 Å². The van der Waals surface area contributed by atoms with Gasteiger partial charge in [0.15, 0.2) is 0 Å². The van der Waals surface area contributed by atoms with Crippen molar-refractivity contribution in [2.75, 3.05) is 13.2 Å². The number of hydrogen-bond donors (Lipinski definition) is 2. The van der Waals surface area contributed by atoms with Gasteiger partial charge in [0.2, 0.25) is 0 Å². The van der Waals surface area contributed by atoms with Crippen LogP contribution in [0.5, 0.6) is 0 Å². The Morgan fingerprint density at radius 2 is 1.95 bits per heavy atom. The third-order valence-corrected chi connectivity index (χ3v) is 3.88. The highest BCUT2D eigenvalue weighted by Crippen LogP contribution is 2.19. The molecule has 0 saturated heterocycles. The van der Waals surface area contributed by atoms with Crippen LogP contribution in [0.25, 0.3) is 0 Å². The number of urea groups is 1. The van der Waals surface area contributed by atoms with Crippen molar-refractivity contribution in [1.29, 1.82) is 0 Å². The lowest BCUT2D eigenvalue weighted by molar-refractivity contribution is -0.141. The number of sulfonamides is 1. The van der Waals surface area contributed by atoms with Gasteiger partial charge in [0.25, 0.3) is 10.0 Å². The van der Waals surface area contributed by atoms with Crippen LogP contribution in [0.1, 0.15) is 6.92 Å². The largest absolute Gasteiger partial charge is 0.465 e. The van der Waals surface area contributed by atoms with Crippen LogP contribution < -0.4 is 10.0 Å². The third kappa shape index (κ3) is 4.71. The Labute approximate surface area is 121 Å². The summed E-state index contributed by atoms with van der Waals surface area (Å²) >= 11 is 5.74. The Bertz CT molecular complexity index is 603. The summed E-state index contributed by atoms with van der Waals surface area (Å²) in [5, 5.41) is 2.05. The second kappa shape index (κ2) is 7.11. The summed E-state index contributed by atoms with van der Waals surface area (Å²) in [6.07, 6.45) is 0. The number of hydrogen-bond acceptors (Lipinski definition) is 5. The van der Waals surface area contributed by atoms with Gasteiger partial charge in [-0.2, -0.15) is 0 Å². The number of ether oxygens (including phenoxy) is 1. The van der Waals surface area contributed by atoms with Crippen molar-refractivity contribution in [3.8, 4) is 0 Å². The molecule has 1 aromatic carbocycles. The average molecular weight is 321 g/mol. The maximum Gasteiger partial charge on any atom is 0.329 e. The van der Waals surface area contributed by atoms with E-state index < -0.39 is 28.6 Å². The Morgan fingerprint density at radius 3 is 2.55 bits per heavy atom. The number of esters is 1. The van der Waals surface area contributed by atoms with Gasteiger partial charge in [-0.1, -0.05) is 23.7 Å². The van der Waals surface area contributed by atoms with Gasteiger partial charge in [0, 0.05) is 0 Å². The van der Waals surface area contributed by atoms with Crippen LogP contribution in [0.2, 0.25) is 5.02 Å². The zero-order valence-electron chi connectivity index (χ0n) is 10.6. The average Bonchev–Trinajstić information content (AvgIpc) is 2.36. The van der Waals surface area contributed by atoms with E-state index in [1.165, 1.54) is 18.2 Å². The van der Waals surface area contributed by atoms with Gasteiger partial charge >= 0.3 is 12.0 Å². The summed E-state index contributed by atoms with van der Waals surface area (Å²) in [5.41, 5.74) is 0. The summed E-state index contributed by atoms with van der Waals surface area (Å²) < 4.78 is 30.0. The fraction of sp³-hybridized carbons (Fsp3) is 0.273. The molecule has 0 aliphatic carbocycles. The second-order valence-electron chi connectivity index (χ2n) is 3.52. The van der Waals surface area contributed by atoms with E-state index in [0.717, 1.165) is 0 Å². The van der Waals surface area contributed by atoms with Crippen molar-refractivity contribution in [3.05, 3.63) is 29.3 Å². The highest BCUT2D eigenvalue weighted by molar-refractivity contribution is 7.90. The van der Waals surface area contributed by atoms with E-state index in [2.05, 4.69) is 10.1 Å². The molecule has 0 saturated carbocycles. The van der Waals surface area contributed by atoms with Gasteiger partial charge in [-0.05, 0) is 19.1 Å². The highest BCUT2D eigenvalue weighted by atomic mass is 35.5. The number of carbonyl (C=O) groups excluding carboxylic acids is 2. The molecule has 0 heterocycles. The molecule has 0 aliphatic heterocycles. The summed E-state index contributed by atoms with van der Waals surface area (Å²) in [7, 11) is -4.10. The van der Waals surface area contributed by atoms with Crippen molar-refractivity contribution in [2.45, 2.75) is 11.8 Å². The molecule has 1 rings (SSSR count). The zero-order chi connectivity index (χ0) is 15.2. The predicted molar refractivity (Wildman–Crippen MR) is 71.8 cm³/mol. The lowest BCUT2D eigenvalue weighted by Gasteiger charge is -2.09. The van der Waals surface area contributed by atoms with Gasteiger partial charge in [-0.3, -0.25) is 4.79 Å². The second-order valence-corrected chi connectivity index (χ2v) is 5.58. The Hall–Kier alpha value is -1.80. The number of halogens is 1. The molecule has 110 valence electrons. The van der Waals surface area contributed by atoms with Gasteiger partial charge in [-0.25, -0.2) is 17.9 Å². The number of amides is 2. The monoisotopic (exact) mass is 320 g/mol. The minimum absolute atomic E-state index is 0.0156. The molecule has 1 aromatic rings. The van der Waals surface area contributed by atoms with E-state index in [0.29, 0.717) is 0 Å². The normalized spacial score (nSPS) is 10.7. The third-order valence-electron chi connectivity index (χ3n) is 2.05. The topological polar surface area (TPSA) is 102 Å². The van der Waals surface area contributed by atoms with E-state index in [4.69, 9.17) is 11.6 Å². The van der Waals surface area contributed by atoms with Crippen LogP contribution in [0.3, 0.4) is 0 Å². The lowest BCUT2D eigenvalue weighted by atomic mass is 10.4. The minimum atomic E-state index is -4.10. The Morgan fingerprint density at radius 1 is 1.30 bits per heavy atom. The van der Waals surface area contributed by atoms with Crippen LogP contribution in [-0.4, -0.2) is 33.6 Å². The molecule has 0 aliphatic rings. The SMILES string of the molecule is CCOC(=O)CNC(=O)NS(=O)(=O)c1ccccc1Cl. The Balaban J connectivity index is 2.66. The van der Waals surface area contributed by atoms with Crippen molar-refractivity contribution < 1.29 is 22.7 Å². The van der Waals surface area contributed by atoms with E-state index in [9.17, 15) is 18.0 Å². The number of rotatable bonds is 5. The molecule has 0 radical (unpaired) electrons. The van der Waals surface area contributed by atoms with Gasteiger partial charge in [0.05, 0.1) is 11.6 Å². The molecule has 0 atom stereocenters. The first-order chi connectivity index (χ1) is 9.36. The predicted octanol–water partition coefficient (Wildman–Crippen LogP) is 0.891. The first kappa shape index (κ1) is 16.3. The zero-order valence-corrected chi connectivity index (χ0v) is 12.1. The van der Waals surface area contributed by atoms with E-state index in [-0.39, 0.29) is 16.5 Å². The summed E-state index contributed by atoms with van der Waals surface area (Å²) in [6.45, 7) is 1.34. The highest BCUT2D eigenvalue weighted by Gasteiger charge is 2.20. The van der Waals surface area contributed by atoms with Crippen LogP contribution in [0, 0.1) is 0 Å². The molecular formula is C11H13ClN2O5S. The van der Waals surface area contributed by atoms with Crippen molar-refractivity contribution in [3.63, 3.8) is 0 Å². The van der Waals surface area contributed by atoms with Crippen LogP contribution >= 0.6 is 11.6 Å². The maximum atomic E-state index is 11.9. The number of nitrogens with one attached hydrogen (secondary N) is 2. The number of carbonyl (C=O) groups is 2. The Kier molecular flexibility index (Phi) is 5.78. The molecule has 7 nitrogen and oxygen atoms in total. The molecular weight excluding hydrogens is 308 g/mol. The molecule has 2 amide bonds. The smallest absolute Gasteiger partial charge is 0.329 e. The summed E-state index contributed by atoms with van der Waals surface area (Å²) in [4.78, 5) is 22.2. The van der Waals surface area contributed by atoms with Gasteiger partial charge in [-0.15, -0.1) is 0 Å². The van der Waals surface area contributed by atoms with E-state index >= 15 is 0 Å². The molecule has 0 fully saturated rings. The fourth-order valence-corrected chi connectivity index (χ4v) is 2.69. The molecule has 9 heteroatoms. The van der Waals surface area contributed by atoms with Crippen molar-refractivity contribution in [2.24, 2.45) is 0 Å².